The van der Waals surface area contributed by atoms with Crippen molar-refractivity contribution in [1.29, 1.82) is 0 Å². The van der Waals surface area contributed by atoms with E-state index in [1.165, 1.54) is 30.3 Å². The van der Waals surface area contributed by atoms with E-state index in [9.17, 15) is 27.1 Å². The number of ether oxygens (including phenoxy) is 1. The molecule has 0 radical (unpaired) electrons. The number of phenols is 1. The summed E-state index contributed by atoms with van der Waals surface area (Å²) in [5, 5.41) is 9.31. The van der Waals surface area contributed by atoms with Gasteiger partial charge in [-0.2, -0.15) is 4.39 Å². The molecule has 2 nitrogen and oxygen atoms in total. The van der Waals surface area contributed by atoms with E-state index in [-0.39, 0.29) is 46.3 Å². The monoisotopic (exact) mass is 478 g/mol. The summed E-state index contributed by atoms with van der Waals surface area (Å²) < 4.78 is 91.8. The Morgan fingerprint density at radius 3 is 1.47 bits per heavy atom. The zero-order valence-electron chi connectivity index (χ0n) is 17.9. The Kier molecular flexibility index (Phi) is 5.80. The minimum absolute atomic E-state index is 0.0421. The molecule has 8 heteroatoms. The molecule has 2 aliphatic rings. The number of epoxide rings is 1. The Balaban J connectivity index is 1.37. The second kappa shape index (κ2) is 8.65. The van der Waals surface area contributed by atoms with Crippen molar-refractivity contribution in [3.63, 3.8) is 0 Å². The van der Waals surface area contributed by atoms with Gasteiger partial charge in [-0.25, -0.2) is 22.0 Å². The lowest BCUT2D eigenvalue weighted by Crippen LogP contribution is -2.15. The molecule has 0 amide bonds. The molecule has 1 saturated carbocycles. The molecule has 1 unspecified atom stereocenters. The van der Waals surface area contributed by atoms with Crippen molar-refractivity contribution in [2.75, 3.05) is 6.61 Å². The highest BCUT2D eigenvalue weighted by Crippen LogP contribution is 2.44. The van der Waals surface area contributed by atoms with Crippen molar-refractivity contribution < 1.29 is 36.2 Å². The molecule has 1 N–H and O–H groups in total. The smallest absolute Gasteiger partial charge is 0.200 e. The second-order valence-electron chi connectivity index (χ2n) is 8.83. The molecule has 1 saturated heterocycles. The number of hydrogen-bond acceptors (Lipinski definition) is 2. The first-order valence-corrected chi connectivity index (χ1v) is 11.0. The molecular formula is C26H20F6O2. The van der Waals surface area contributed by atoms with E-state index in [0.29, 0.717) is 25.7 Å². The SMILES string of the molecule is Oc1ccc(C2CCC(c3ccc(-c4ccc(C5CO5)c(F)c4F)c(F)c3F)CC2)c(F)c1F. The molecule has 0 bridgehead atoms. The predicted octanol–water partition coefficient (Wildman–Crippen LogP) is 7.41. The van der Waals surface area contributed by atoms with Gasteiger partial charge < -0.3 is 9.84 Å². The van der Waals surface area contributed by atoms with Gasteiger partial charge in [-0.05, 0) is 54.7 Å². The van der Waals surface area contributed by atoms with Crippen molar-refractivity contribution in [1.82, 2.24) is 0 Å². The van der Waals surface area contributed by atoms with Gasteiger partial charge in [0.2, 0.25) is 5.82 Å². The third kappa shape index (κ3) is 3.83. The minimum Gasteiger partial charge on any atom is -0.505 e. The Labute approximate surface area is 191 Å². The van der Waals surface area contributed by atoms with Gasteiger partial charge in [0, 0.05) is 16.7 Å². The van der Waals surface area contributed by atoms with E-state index in [4.69, 9.17) is 4.74 Å². The lowest BCUT2D eigenvalue weighted by molar-refractivity contribution is 0.362. The van der Waals surface area contributed by atoms with Gasteiger partial charge in [0.05, 0.1) is 6.61 Å². The fourth-order valence-corrected chi connectivity index (χ4v) is 4.92. The van der Waals surface area contributed by atoms with E-state index in [1.54, 1.807) is 0 Å². The summed E-state index contributed by atoms with van der Waals surface area (Å²) >= 11 is 0. The van der Waals surface area contributed by atoms with E-state index in [2.05, 4.69) is 0 Å². The number of phenolic OH excluding ortho intramolecular Hbond substituents is 1. The van der Waals surface area contributed by atoms with Gasteiger partial charge >= 0.3 is 0 Å². The molecule has 0 aromatic heterocycles. The van der Waals surface area contributed by atoms with Gasteiger partial charge in [-0.1, -0.05) is 30.3 Å². The largest absolute Gasteiger partial charge is 0.505 e. The van der Waals surface area contributed by atoms with E-state index >= 15 is 4.39 Å². The minimum atomic E-state index is -1.30. The van der Waals surface area contributed by atoms with Crippen molar-refractivity contribution in [2.45, 2.75) is 43.6 Å². The summed E-state index contributed by atoms with van der Waals surface area (Å²) in [5.74, 6) is -8.63. The summed E-state index contributed by atoms with van der Waals surface area (Å²) in [5.41, 5.74) is -0.454. The molecule has 1 heterocycles. The number of halogens is 6. The van der Waals surface area contributed by atoms with Crippen LogP contribution in [0.5, 0.6) is 5.75 Å². The third-order valence-corrected chi connectivity index (χ3v) is 6.89. The Hall–Kier alpha value is -3.00. The van der Waals surface area contributed by atoms with Crippen LogP contribution in [0.2, 0.25) is 0 Å². The second-order valence-corrected chi connectivity index (χ2v) is 8.83. The zero-order chi connectivity index (χ0) is 24.1. The van der Waals surface area contributed by atoms with Crippen LogP contribution in [0.25, 0.3) is 11.1 Å². The Bertz CT molecular complexity index is 1260. The first-order valence-electron chi connectivity index (χ1n) is 11.0. The molecule has 3 aromatic carbocycles. The molecule has 5 rings (SSSR count). The predicted molar refractivity (Wildman–Crippen MR) is 112 cm³/mol. The normalized spacial score (nSPS) is 22.1. The third-order valence-electron chi connectivity index (χ3n) is 6.89. The van der Waals surface area contributed by atoms with E-state index in [1.807, 2.05) is 0 Å². The summed E-state index contributed by atoms with van der Waals surface area (Å²) in [6, 6.07) is 7.56. The number of hydrogen-bond donors (Lipinski definition) is 1. The highest BCUT2D eigenvalue weighted by molar-refractivity contribution is 5.66. The van der Waals surface area contributed by atoms with Gasteiger partial charge in [0.15, 0.2) is 34.8 Å². The maximum atomic E-state index is 15.0. The van der Waals surface area contributed by atoms with Gasteiger partial charge in [0.25, 0.3) is 0 Å². The van der Waals surface area contributed by atoms with Crippen LogP contribution in [-0.2, 0) is 4.74 Å². The zero-order valence-corrected chi connectivity index (χ0v) is 17.9. The standard InChI is InChI=1S/C26H20F6O2/c27-21-14(12-1-3-13(4-2-12)15-9-10-19(33)26(32)22(15)28)5-6-16(23(21)29)17-7-8-18(20-11-34-20)25(31)24(17)30/h5-10,12-13,20,33H,1-4,11H2. The number of aromatic hydroxyl groups is 1. The number of rotatable bonds is 4. The van der Waals surface area contributed by atoms with E-state index < -0.39 is 46.8 Å². The first-order chi connectivity index (χ1) is 16.3. The Morgan fingerprint density at radius 2 is 0.971 bits per heavy atom. The van der Waals surface area contributed by atoms with Crippen LogP contribution >= 0.6 is 0 Å². The molecule has 1 aliphatic carbocycles. The van der Waals surface area contributed by atoms with Gasteiger partial charge in [-0.3, -0.25) is 0 Å². The van der Waals surface area contributed by atoms with Crippen LogP contribution in [0.3, 0.4) is 0 Å². The highest BCUT2D eigenvalue weighted by Gasteiger charge is 2.32. The van der Waals surface area contributed by atoms with Crippen molar-refractivity contribution in [2.24, 2.45) is 0 Å². The Morgan fingerprint density at radius 1 is 0.559 bits per heavy atom. The fourth-order valence-electron chi connectivity index (χ4n) is 4.92. The van der Waals surface area contributed by atoms with Crippen LogP contribution in [0.1, 0.15) is 60.3 Å². The fraction of sp³-hybridized carbons (Fsp3) is 0.308. The molecule has 34 heavy (non-hydrogen) atoms. The van der Waals surface area contributed by atoms with Crippen LogP contribution in [0.15, 0.2) is 36.4 Å². The maximum Gasteiger partial charge on any atom is 0.200 e. The van der Waals surface area contributed by atoms with Crippen LogP contribution in [-0.4, -0.2) is 11.7 Å². The molecular weight excluding hydrogens is 458 g/mol. The van der Waals surface area contributed by atoms with Crippen LogP contribution in [0, 0.1) is 34.9 Å². The van der Waals surface area contributed by atoms with Gasteiger partial charge in [-0.15, -0.1) is 0 Å². The van der Waals surface area contributed by atoms with E-state index in [0.717, 1.165) is 6.07 Å². The average Bonchev–Trinajstić information content (AvgIpc) is 3.67. The molecule has 3 aromatic rings. The molecule has 2 fully saturated rings. The summed E-state index contributed by atoms with van der Waals surface area (Å²) in [7, 11) is 0. The lowest BCUT2D eigenvalue weighted by atomic mass is 9.75. The summed E-state index contributed by atoms with van der Waals surface area (Å²) in [4.78, 5) is 0. The molecule has 178 valence electrons. The molecule has 1 atom stereocenters. The first kappa shape index (κ1) is 22.8. The maximum absolute atomic E-state index is 15.0. The van der Waals surface area contributed by atoms with Crippen molar-refractivity contribution >= 4 is 0 Å². The van der Waals surface area contributed by atoms with Crippen LogP contribution < -0.4 is 0 Å². The van der Waals surface area contributed by atoms with Gasteiger partial charge in [0.1, 0.15) is 6.10 Å². The highest BCUT2D eigenvalue weighted by atomic mass is 19.2. The van der Waals surface area contributed by atoms with Crippen LogP contribution in [0.4, 0.5) is 26.3 Å². The molecule has 0 spiro atoms. The van der Waals surface area contributed by atoms with Crippen molar-refractivity contribution in [3.8, 4) is 16.9 Å². The lowest BCUT2D eigenvalue weighted by Gasteiger charge is -2.29. The van der Waals surface area contributed by atoms with Crippen molar-refractivity contribution in [3.05, 3.63) is 88.0 Å². The topological polar surface area (TPSA) is 32.8 Å². The molecule has 1 aliphatic heterocycles. The number of benzene rings is 3. The quantitative estimate of drug-likeness (QED) is 0.313. The summed E-state index contributed by atoms with van der Waals surface area (Å²) in [6.07, 6.45) is 1.12. The summed E-state index contributed by atoms with van der Waals surface area (Å²) in [6.45, 7) is 0.282. The average molecular weight is 478 g/mol.